The van der Waals surface area contributed by atoms with E-state index in [-0.39, 0.29) is 0 Å². The fraction of sp³-hybridized carbons (Fsp3) is 0. The summed E-state index contributed by atoms with van der Waals surface area (Å²) < 4.78 is 1.87. The van der Waals surface area contributed by atoms with Crippen molar-refractivity contribution in [3.63, 3.8) is 0 Å². The molecule has 4 aromatic rings. The maximum atomic E-state index is 6.09. The second-order valence-corrected chi connectivity index (χ2v) is 5.44. The van der Waals surface area contributed by atoms with E-state index in [1.807, 2.05) is 65.4 Å². The van der Waals surface area contributed by atoms with E-state index in [2.05, 4.69) is 22.2 Å². The van der Waals surface area contributed by atoms with Crippen molar-refractivity contribution in [3.8, 4) is 22.4 Å². The quantitative estimate of drug-likeness (QED) is 0.536. The van der Waals surface area contributed by atoms with Gasteiger partial charge in [0.05, 0.1) is 11.9 Å². The van der Waals surface area contributed by atoms with E-state index >= 15 is 0 Å². The van der Waals surface area contributed by atoms with Gasteiger partial charge in [-0.25, -0.2) is 9.50 Å². The number of hydrogen-bond donors (Lipinski definition) is 0. The molecule has 0 aliphatic carbocycles. The Kier molecular flexibility index (Phi) is 3.13. The molecule has 0 saturated heterocycles. The predicted molar refractivity (Wildman–Crippen MR) is 88.9 cm³/mol. The van der Waals surface area contributed by atoms with Gasteiger partial charge in [-0.3, -0.25) is 0 Å². The first-order chi connectivity index (χ1) is 10.8. The van der Waals surface area contributed by atoms with Gasteiger partial charge in [0, 0.05) is 22.3 Å². The summed E-state index contributed by atoms with van der Waals surface area (Å²) in [4.78, 5) is 4.49. The molecule has 0 aliphatic heterocycles. The number of benzene rings is 2. The Hall–Kier alpha value is -2.65. The van der Waals surface area contributed by atoms with Crippen LogP contribution >= 0.6 is 11.6 Å². The third-order valence-corrected chi connectivity index (χ3v) is 3.84. The number of aromatic nitrogens is 3. The highest BCUT2D eigenvalue weighted by molar-refractivity contribution is 6.30. The second kappa shape index (κ2) is 5.28. The van der Waals surface area contributed by atoms with E-state index in [0.29, 0.717) is 5.02 Å². The van der Waals surface area contributed by atoms with Crippen LogP contribution in [-0.4, -0.2) is 14.6 Å². The lowest BCUT2D eigenvalue weighted by Crippen LogP contribution is -1.95. The van der Waals surface area contributed by atoms with Crippen LogP contribution in [0, 0.1) is 0 Å². The highest BCUT2D eigenvalue weighted by Crippen LogP contribution is 2.28. The smallest absolute Gasteiger partial charge is 0.163 e. The first-order valence-corrected chi connectivity index (χ1v) is 7.35. The van der Waals surface area contributed by atoms with Crippen LogP contribution in [0.2, 0.25) is 5.02 Å². The standard InChI is InChI=1S/C18H12ClN3/c19-15-8-4-7-14(11-15)16-12-21-22-17(9-10-20-18(16)22)13-5-2-1-3-6-13/h1-12H. The number of halogens is 1. The van der Waals surface area contributed by atoms with Crippen LogP contribution in [0.1, 0.15) is 0 Å². The van der Waals surface area contributed by atoms with Gasteiger partial charge < -0.3 is 0 Å². The van der Waals surface area contributed by atoms with Crippen LogP contribution in [-0.2, 0) is 0 Å². The Morgan fingerprint density at radius 1 is 0.864 bits per heavy atom. The molecule has 0 N–H and O–H groups in total. The largest absolute Gasteiger partial charge is 0.236 e. The zero-order valence-electron chi connectivity index (χ0n) is 11.6. The lowest BCUT2D eigenvalue weighted by molar-refractivity contribution is 0.948. The molecule has 0 amide bonds. The fourth-order valence-electron chi connectivity index (χ4n) is 2.58. The van der Waals surface area contributed by atoms with Gasteiger partial charge in [-0.15, -0.1) is 0 Å². The van der Waals surface area contributed by atoms with Gasteiger partial charge in [-0.1, -0.05) is 54.1 Å². The van der Waals surface area contributed by atoms with Crippen LogP contribution < -0.4 is 0 Å². The molecule has 4 rings (SSSR count). The summed E-state index contributed by atoms with van der Waals surface area (Å²) in [5.41, 5.74) is 4.93. The Morgan fingerprint density at radius 3 is 2.50 bits per heavy atom. The van der Waals surface area contributed by atoms with Crippen molar-refractivity contribution < 1.29 is 0 Å². The molecule has 0 bridgehead atoms. The molecule has 3 nitrogen and oxygen atoms in total. The Morgan fingerprint density at radius 2 is 1.68 bits per heavy atom. The van der Waals surface area contributed by atoms with Gasteiger partial charge in [0.1, 0.15) is 0 Å². The third-order valence-electron chi connectivity index (χ3n) is 3.61. The number of nitrogens with zero attached hydrogens (tertiary/aromatic N) is 3. The Balaban J connectivity index is 1.94. The molecule has 4 heteroatoms. The minimum absolute atomic E-state index is 0.705. The molecule has 0 unspecified atom stereocenters. The maximum absolute atomic E-state index is 6.09. The van der Waals surface area contributed by atoms with E-state index in [1.165, 1.54) is 0 Å². The first kappa shape index (κ1) is 13.0. The molecular weight excluding hydrogens is 294 g/mol. The van der Waals surface area contributed by atoms with Crippen molar-refractivity contribution in [2.24, 2.45) is 0 Å². The summed E-state index contributed by atoms with van der Waals surface area (Å²) in [6.07, 6.45) is 3.65. The monoisotopic (exact) mass is 305 g/mol. The minimum Gasteiger partial charge on any atom is -0.236 e. The predicted octanol–water partition coefficient (Wildman–Crippen LogP) is 4.72. The van der Waals surface area contributed by atoms with Gasteiger partial charge >= 0.3 is 0 Å². The van der Waals surface area contributed by atoms with Crippen LogP contribution in [0.25, 0.3) is 28.0 Å². The average Bonchev–Trinajstić information content (AvgIpc) is 3.00. The molecule has 2 aromatic carbocycles. The number of hydrogen-bond acceptors (Lipinski definition) is 2. The third kappa shape index (κ3) is 2.16. The molecule has 22 heavy (non-hydrogen) atoms. The van der Waals surface area contributed by atoms with E-state index in [0.717, 1.165) is 28.0 Å². The van der Waals surface area contributed by atoms with E-state index in [1.54, 1.807) is 0 Å². The summed E-state index contributed by atoms with van der Waals surface area (Å²) in [6, 6.07) is 19.9. The van der Waals surface area contributed by atoms with E-state index < -0.39 is 0 Å². The molecule has 0 radical (unpaired) electrons. The molecule has 0 saturated carbocycles. The average molecular weight is 306 g/mol. The molecule has 0 spiro atoms. The second-order valence-electron chi connectivity index (χ2n) is 5.00. The normalized spacial score (nSPS) is 11.0. The Bertz CT molecular complexity index is 945. The van der Waals surface area contributed by atoms with Gasteiger partial charge in [-0.05, 0) is 23.8 Å². The number of rotatable bonds is 2. The van der Waals surface area contributed by atoms with Crippen molar-refractivity contribution >= 4 is 17.2 Å². The zero-order valence-corrected chi connectivity index (χ0v) is 12.4. The van der Waals surface area contributed by atoms with Gasteiger partial charge in [0.15, 0.2) is 5.65 Å². The van der Waals surface area contributed by atoms with Crippen molar-refractivity contribution in [1.82, 2.24) is 14.6 Å². The number of fused-ring (bicyclic) bond motifs is 1. The SMILES string of the molecule is Clc1cccc(-c2cnn3c(-c4ccccc4)ccnc23)c1. The van der Waals surface area contributed by atoms with Gasteiger partial charge in [-0.2, -0.15) is 5.10 Å². The summed E-state index contributed by atoms with van der Waals surface area (Å²) in [5.74, 6) is 0. The molecular formula is C18H12ClN3. The first-order valence-electron chi connectivity index (χ1n) is 6.97. The molecule has 0 aliphatic rings. The minimum atomic E-state index is 0.705. The van der Waals surface area contributed by atoms with E-state index in [9.17, 15) is 0 Å². The highest BCUT2D eigenvalue weighted by atomic mass is 35.5. The fourth-order valence-corrected chi connectivity index (χ4v) is 2.77. The zero-order chi connectivity index (χ0) is 14.9. The maximum Gasteiger partial charge on any atom is 0.163 e. The van der Waals surface area contributed by atoms with Crippen molar-refractivity contribution in [2.75, 3.05) is 0 Å². The Labute approximate surface area is 132 Å². The van der Waals surface area contributed by atoms with Crippen LogP contribution in [0.4, 0.5) is 0 Å². The lowest BCUT2D eigenvalue weighted by Gasteiger charge is -2.05. The summed E-state index contributed by atoms with van der Waals surface area (Å²) >= 11 is 6.09. The van der Waals surface area contributed by atoms with Crippen molar-refractivity contribution in [2.45, 2.75) is 0 Å². The van der Waals surface area contributed by atoms with E-state index in [4.69, 9.17) is 11.6 Å². The molecule has 0 fully saturated rings. The van der Waals surface area contributed by atoms with Crippen LogP contribution in [0.15, 0.2) is 73.1 Å². The molecule has 0 atom stereocenters. The summed E-state index contributed by atoms with van der Waals surface area (Å²) in [6.45, 7) is 0. The van der Waals surface area contributed by atoms with Gasteiger partial charge in [0.2, 0.25) is 0 Å². The van der Waals surface area contributed by atoms with Gasteiger partial charge in [0.25, 0.3) is 0 Å². The van der Waals surface area contributed by atoms with Crippen LogP contribution in [0.3, 0.4) is 0 Å². The van der Waals surface area contributed by atoms with Crippen LogP contribution in [0.5, 0.6) is 0 Å². The topological polar surface area (TPSA) is 30.2 Å². The molecule has 106 valence electrons. The van der Waals surface area contributed by atoms with Crippen molar-refractivity contribution in [3.05, 3.63) is 78.1 Å². The molecule has 2 heterocycles. The lowest BCUT2D eigenvalue weighted by atomic mass is 10.1. The van der Waals surface area contributed by atoms with Crippen molar-refractivity contribution in [1.29, 1.82) is 0 Å². The highest BCUT2D eigenvalue weighted by Gasteiger charge is 2.11. The summed E-state index contributed by atoms with van der Waals surface area (Å²) in [7, 11) is 0. The molecule has 2 aromatic heterocycles. The summed E-state index contributed by atoms with van der Waals surface area (Å²) in [5, 5.41) is 5.22.